The van der Waals surface area contributed by atoms with Crippen LogP contribution >= 0.6 is 0 Å². The molecule has 2 heterocycles. The largest absolute Gasteiger partial charge is 0.494 e. The predicted octanol–water partition coefficient (Wildman–Crippen LogP) is 3.76. The number of hydrogen-bond acceptors (Lipinski definition) is 5. The predicted molar refractivity (Wildman–Crippen MR) is 102 cm³/mol. The Morgan fingerprint density at radius 1 is 1.07 bits per heavy atom. The van der Waals surface area contributed by atoms with Crippen molar-refractivity contribution in [2.75, 3.05) is 19.0 Å². The summed E-state index contributed by atoms with van der Waals surface area (Å²) in [6.45, 7) is 0.576. The summed E-state index contributed by atoms with van der Waals surface area (Å²) in [4.78, 5) is 8.34. The van der Waals surface area contributed by atoms with Gasteiger partial charge in [0.25, 0.3) is 0 Å². The van der Waals surface area contributed by atoms with Crippen LogP contribution in [0.3, 0.4) is 0 Å². The summed E-state index contributed by atoms with van der Waals surface area (Å²) in [5, 5.41) is 8.41. The Morgan fingerprint density at radius 2 is 1.89 bits per heavy atom. The van der Waals surface area contributed by atoms with Crippen LogP contribution in [0, 0.1) is 11.6 Å². The molecule has 0 aliphatic carbocycles. The van der Waals surface area contributed by atoms with Gasteiger partial charge in [-0.05, 0) is 36.4 Å². The molecule has 4 rings (SSSR count). The van der Waals surface area contributed by atoms with E-state index in [1.807, 2.05) is 12.3 Å². The third-order valence-corrected chi connectivity index (χ3v) is 4.32. The average Bonchev–Trinajstić information content (AvgIpc) is 3.17. The van der Waals surface area contributed by atoms with Crippen LogP contribution in [0.4, 0.5) is 14.6 Å². The van der Waals surface area contributed by atoms with Gasteiger partial charge in [0.1, 0.15) is 18.0 Å². The number of ether oxygens (including phenoxy) is 1. The van der Waals surface area contributed by atoms with Crippen molar-refractivity contribution in [1.82, 2.24) is 19.7 Å². The first-order valence-corrected chi connectivity index (χ1v) is 8.66. The van der Waals surface area contributed by atoms with Gasteiger partial charge in [-0.15, -0.1) is 0 Å². The Hall–Kier alpha value is -3.55. The first kappa shape index (κ1) is 17.8. The molecule has 2 aromatic heterocycles. The van der Waals surface area contributed by atoms with Crippen LogP contribution in [-0.2, 0) is 6.42 Å². The van der Waals surface area contributed by atoms with E-state index in [0.29, 0.717) is 29.7 Å². The normalized spacial score (nSPS) is 11.0. The van der Waals surface area contributed by atoms with Gasteiger partial charge >= 0.3 is 0 Å². The van der Waals surface area contributed by atoms with Gasteiger partial charge < -0.3 is 10.1 Å². The van der Waals surface area contributed by atoms with E-state index in [1.165, 1.54) is 31.6 Å². The summed E-state index contributed by atoms with van der Waals surface area (Å²) in [5.74, 6) is -0.00967. The number of fused-ring (bicyclic) bond motifs is 1. The third kappa shape index (κ3) is 3.62. The summed E-state index contributed by atoms with van der Waals surface area (Å²) in [7, 11) is 1.42. The van der Waals surface area contributed by atoms with Gasteiger partial charge in [-0.25, -0.2) is 23.4 Å². The monoisotopic (exact) mass is 381 g/mol. The SMILES string of the molecule is COc1cc2c(NCCc3ccn(-c4ccc(F)cc4)n3)ncnc2cc1F. The van der Waals surface area contributed by atoms with Gasteiger partial charge in [-0.2, -0.15) is 5.10 Å². The second kappa shape index (κ2) is 7.59. The molecule has 0 saturated heterocycles. The lowest BCUT2D eigenvalue weighted by molar-refractivity contribution is 0.387. The van der Waals surface area contributed by atoms with Crippen molar-refractivity contribution in [3.63, 3.8) is 0 Å². The van der Waals surface area contributed by atoms with E-state index in [4.69, 9.17) is 4.74 Å². The zero-order chi connectivity index (χ0) is 19.5. The Morgan fingerprint density at radius 3 is 2.68 bits per heavy atom. The van der Waals surface area contributed by atoms with E-state index >= 15 is 0 Å². The van der Waals surface area contributed by atoms with E-state index in [2.05, 4.69) is 20.4 Å². The van der Waals surface area contributed by atoms with E-state index in [0.717, 1.165) is 11.4 Å². The molecule has 4 aromatic rings. The molecule has 6 nitrogen and oxygen atoms in total. The first-order valence-electron chi connectivity index (χ1n) is 8.66. The van der Waals surface area contributed by atoms with Gasteiger partial charge in [0.05, 0.1) is 24.0 Å². The maximum absolute atomic E-state index is 13.9. The Balaban J connectivity index is 1.46. The van der Waals surface area contributed by atoms with E-state index < -0.39 is 5.82 Å². The van der Waals surface area contributed by atoms with E-state index in [9.17, 15) is 8.78 Å². The highest BCUT2D eigenvalue weighted by molar-refractivity contribution is 5.90. The van der Waals surface area contributed by atoms with Crippen molar-refractivity contribution in [1.29, 1.82) is 0 Å². The second-order valence-corrected chi connectivity index (χ2v) is 6.13. The van der Waals surface area contributed by atoms with E-state index in [-0.39, 0.29) is 11.6 Å². The smallest absolute Gasteiger partial charge is 0.167 e. The number of benzene rings is 2. The molecule has 0 aliphatic rings. The molecule has 142 valence electrons. The van der Waals surface area contributed by atoms with Crippen LogP contribution in [0.15, 0.2) is 55.0 Å². The summed E-state index contributed by atoms with van der Waals surface area (Å²) in [6.07, 6.45) is 3.87. The van der Waals surface area contributed by atoms with Gasteiger partial charge in [-0.1, -0.05) is 0 Å². The summed E-state index contributed by atoms with van der Waals surface area (Å²) < 4.78 is 33.6. The maximum Gasteiger partial charge on any atom is 0.167 e. The van der Waals surface area contributed by atoms with Crippen molar-refractivity contribution < 1.29 is 13.5 Å². The highest BCUT2D eigenvalue weighted by atomic mass is 19.1. The Kier molecular flexibility index (Phi) is 4.84. The molecule has 0 aliphatic heterocycles. The van der Waals surface area contributed by atoms with Crippen LogP contribution in [0.25, 0.3) is 16.6 Å². The molecule has 0 saturated carbocycles. The van der Waals surface area contributed by atoms with Crippen LogP contribution in [0.5, 0.6) is 5.75 Å². The molecule has 8 heteroatoms. The number of aromatic nitrogens is 4. The van der Waals surface area contributed by atoms with Crippen molar-refractivity contribution in [2.24, 2.45) is 0 Å². The van der Waals surface area contributed by atoms with Gasteiger partial charge in [0.2, 0.25) is 0 Å². The lowest BCUT2D eigenvalue weighted by Gasteiger charge is -2.09. The number of methoxy groups -OCH3 is 1. The fourth-order valence-corrected chi connectivity index (χ4v) is 2.90. The van der Waals surface area contributed by atoms with Gasteiger partial charge in [-0.3, -0.25) is 0 Å². The first-order chi connectivity index (χ1) is 13.6. The lowest BCUT2D eigenvalue weighted by Crippen LogP contribution is -2.08. The quantitative estimate of drug-likeness (QED) is 0.551. The maximum atomic E-state index is 13.9. The minimum absolute atomic E-state index is 0.142. The summed E-state index contributed by atoms with van der Waals surface area (Å²) in [5.41, 5.74) is 2.16. The molecule has 0 radical (unpaired) electrons. The second-order valence-electron chi connectivity index (χ2n) is 6.13. The molecule has 0 bridgehead atoms. The minimum Gasteiger partial charge on any atom is -0.494 e. The summed E-state index contributed by atoms with van der Waals surface area (Å²) in [6, 6.07) is 10.9. The Labute approximate surface area is 159 Å². The molecule has 0 fully saturated rings. The van der Waals surface area contributed by atoms with Crippen molar-refractivity contribution in [3.05, 3.63) is 72.3 Å². The van der Waals surface area contributed by atoms with Crippen LogP contribution in [0.1, 0.15) is 5.69 Å². The molecule has 2 aromatic carbocycles. The molecule has 28 heavy (non-hydrogen) atoms. The topological polar surface area (TPSA) is 64.9 Å². The molecular formula is C20H17F2N5O. The van der Waals surface area contributed by atoms with Gasteiger partial charge in [0.15, 0.2) is 11.6 Å². The van der Waals surface area contributed by atoms with Crippen LogP contribution in [0.2, 0.25) is 0 Å². The van der Waals surface area contributed by atoms with Crippen molar-refractivity contribution in [3.8, 4) is 11.4 Å². The fraction of sp³-hybridized carbons (Fsp3) is 0.150. The number of hydrogen-bond donors (Lipinski definition) is 1. The number of nitrogens with zero attached hydrogens (tertiary/aromatic N) is 4. The van der Waals surface area contributed by atoms with Crippen molar-refractivity contribution in [2.45, 2.75) is 6.42 Å². The number of rotatable bonds is 6. The average molecular weight is 381 g/mol. The minimum atomic E-state index is -0.467. The highest BCUT2D eigenvalue weighted by Crippen LogP contribution is 2.27. The molecule has 0 unspecified atom stereocenters. The van der Waals surface area contributed by atoms with Crippen LogP contribution < -0.4 is 10.1 Å². The van der Waals surface area contributed by atoms with Crippen molar-refractivity contribution >= 4 is 16.7 Å². The Bertz CT molecular complexity index is 1110. The van der Waals surface area contributed by atoms with Crippen LogP contribution in [-0.4, -0.2) is 33.4 Å². The molecule has 0 amide bonds. The lowest BCUT2D eigenvalue weighted by atomic mass is 10.2. The number of halogens is 2. The molecule has 1 N–H and O–H groups in total. The molecule has 0 atom stereocenters. The van der Waals surface area contributed by atoms with E-state index in [1.54, 1.807) is 22.9 Å². The standard InChI is InChI=1S/C20H17F2N5O/c1-28-19-10-16-18(11-17(19)22)24-12-25-20(16)23-8-6-14-7-9-27(26-14)15-4-2-13(21)3-5-15/h2-5,7,9-12H,6,8H2,1H3,(H,23,24,25). The highest BCUT2D eigenvalue weighted by Gasteiger charge is 2.10. The van der Waals surface area contributed by atoms with Gasteiger partial charge in [0, 0.05) is 30.6 Å². The zero-order valence-corrected chi connectivity index (χ0v) is 15.1. The summed E-state index contributed by atoms with van der Waals surface area (Å²) >= 11 is 0. The number of anilines is 1. The molecule has 0 spiro atoms. The molecular weight excluding hydrogens is 364 g/mol. The number of nitrogens with one attached hydrogen (secondary N) is 1. The third-order valence-electron chi connectivity index (χ3n) is 4.32. The zero-order valence-electron chi connectivity index (χ0n) is 15.1. The fourth-order valence-electron chi connectivity index (χ4n) is 2.90.